The molecule has 0 spiro atoms. The Balaban J connectivity index is 4.45. The van der Waals surface area contributed by atoms with Crippen molar-refractivity contribution in [3.05, 3.63) is 0 Å². The van der Waals surface area contributed by atoms with Gasteiger partial charge < -0.3 is 0 Å². The average molecular weight is 440 g/mol. The van der Waals surface area contributed by atoms with E-state index < -0.39 is 5.97 Å². The molecule has 0 aromatic heterocycles. The Morgan fingerprint density at radius 3 is 1.53 bits per heavy atom. The van der Waals surface area contributed by atoms with Crippen molar-refractivity contribution in [2.75, 3.05) is 26.4 Å². The van der Waals surface area contributed by atoms with Gasteiger partial charge in [0.15, 0.2) is 0 Å². The fourth-order valence-electron chi connectivity index (χ4n) is 1.22. The number of hydrogen-bond acceptors (Lipinski definition) is 4. The van der Waals surface area contributed by atoms with Crippen molar-refractivity contribution >= 4 is 0 Å². The molecule has 19 heavy (non-hydrogen) atoms. The maximum absolute atomic E-state index is 5.84. The molecule has 0 unspecified atom stereocenters. The van der Waals surface area contributed by atoms with E-state index in [1.165, 1.54) is 0 Å². The summed E-state index contributed by atoms with van der Waals surface area (Å²) in [6.45, 7) is 14.9. The van der Waals surface area contributed by atoms with Gasteiger partial charge in [-0.25, -0.2) is 0 Å². The quantitative estimate of drug-likeness (QED) is 0.366. The molecule has 0 fully saturated rings. The molecule has 0 saturated heterocycles. The first-order valence-electron chi connectivity index (χ1n) is 7.01. The zero-order chi connectivity index (χ0) is 14.9. The third-order valence-electron chi connectivity index (χ3n) is 2.16. The van der Waals surface area contributed by atoms with Gasteiger partial charge in [-0.15, -0.1) is 0 Å². The van der Waals surface area contributed by atoms with Gasteiger partial charge in [-0.05, 0) is 0 Å². The summed E-state index contributed by atoms with van der Waals surface area (Å²) in [6, 6.07) is 0. The molecule has 0 aliphatic carbocycles. The summed E-state index contributed by atoms with van der Waals surface area (Å²) in [4.78, 5) is 0. The first kappa shape index (κ1) is 19.7. The Labute approximate surface area is 133 Å². The zero-order valence-electron chi connectivity index (χ0n) is 13.2. The first-order chi connectivity index (χ1) is 8.81. The minimum atomic E-state index is -1.02. The number of rotatable bonds is 11. The molecule has 0 aromatic rings. The molecule has 0 saturated carbocycles. The van der Waals surface area contributed by atoms with E-state index in [0.29, 0.717) is 69.0 Å². The van der Waals surface area contributed by atoms with E-state index >= 15 is 0 Å². The van der Waals surface area contributed by atoms with E-state index in [1.54, 1.807) is 0 Å². The Kier molecular flexibility index (Phi) is 10.8. The first-order valence-corrected chi connectivity index (χ1v) is 8.48. The van der Waals surface area contributed by atoms with E-state index in [2.05, 4.69) is 41.5 Å². The predicted octanol–water partition coefficient (Wildman–Crippen LogP) is 3.14. The molecule has 0 aliphatic heterocycles. The van der Waals surface area contributed by atoms with Gasteiger partial charge in [0.2, 0.25) is 0 Å². The molecule has 0 amide bonds. The minimum absolute atomic E-state index is 0.328. The van der Waals surface area contributed by atoms with E-state index in [-0.39, 0.29) is 0 Å². The van der Waals surface area contributed by atoms with Crippen LogP contribution in [0.2, 0.25) is 0 Å². The van der Waals surface area contributed by atoms with Crippen molar-refractivity contribution in [2.45, 2.75) is 47.5 Å². The van der Waals surface area contributed by atoms with Gasteiger partial charge >= 0.3 is 134 Å². The van der Waals surface area contributed by atoms with Crippen LogP contribution in [0.25, 0.3) is 0 Å². The van der Waals surface area contributed by atoms with Crippen LogP contribution in [0.15, 0.2) is 0 Å². The fraction of sp³-hybridized carbons (Fsp3) is 1.00. The standard InChI is InChI=1S/C14H29O4.Hf/c1-11(2)7-16-10-14(15,17-8-12(3)4)18-9-13(5)6;/h11-13H,7-10H2,1-6H3;/q-1;+1. The maximum atomic E-state index is 5.84. The second kappa shape index (κ2) is 10.4. The van der Waals surface area contributed by atoms with Gasteiger partial charge in [0.25, 0.3) is 0 Å². The van der Waals surface area contributed by atoms with Crippen molar-refractivity contribution in [2.24, 2.45) is 17.8 Å². The van der Waals surface area contributed by atoms with Gasteiger partial charge in [0.1, 0.15) is 0 Å². The molecular weight excluding hydrogens is 411 g/mol. The van der Waals surface area contributed by atoms with Crippen LogP contribution in [0.1, 0.15) is 41.5 Å². The fourth-order valence-corrected chi connectivity index (χ4v) is 1.86. The molecule has 0 rings (SSSR count). The third kappa shape index (κ3) is 10.1. The summed E-state index contributed by atoms with van der Waals surface area (Å²) in [7, 11) is 0. The average Bonchev–Trinajstić information content (AvgIpc) is 2.31. The van der Waals surface area contributed by atoms with E-state index in [1.807, 2.05) is 0 Å². The Morgan fingerprint density at radius 2 is 1.21 bits per heavy atom. The van der Waals surface area contributed by atoms with Crippen LogP contribution in [0.4, 0.5) is 0 Å². The Bertz CT molecular complexity index is 207. The van der Waals surface area contributed by atoms with Crippen molar-refractivity contribution in [3.8, 4) is 0 Å². The number of hydrogen-bond donors (Lipinski definition) is 0. The molecule has 4 nitrogen and oxygen atoms in total. The van der Waals surface area contributed by atoms with Crippen LogP contribution in [0.5, 0.6) is 0 Å². The zero-order valence-corrected chi connectivity index (χ0v) is 16.8. The van der Waals surface area contributed by atoms with Crippen molar-refractivity contribution in [1.29, 1.82) is 0 Å². The SMILES string of the molecule is CC(C)COCC([O][Hf])(OCC(C)C)OCC(C)C. The molecule has 113 valence electrons. The molecular formula is C14H29HfO4. The third-order valence-corrected chi connectivity index (χ3v) is 3.28. The second-order valence-electron chi connectivity index (χ2n) is 6.10. The summed E-state index contributed by atoms with van der Waals surface area (Å²) in [5.74, 6) is 0.338. The predicted molar refractivity (Wildman–Crippen MR) is 71.1 cm³/mol. The Morgan fingerprint density at radius 1 is 0.789 bits per heavy atom. The molecule has 5 heteroatoms. The molecule has 0 aromatic carbocycles. The summed E-state index contributed by atoms with van der Waals surface area (Å²) >= 11 is 0.549. The van der Waals surface area contributed by atoms with Crippen LogP contribution in [-0.2, 0) is 41.9 Å². The van der Waals surface area contributed by atoms with E-state index in [4.69, 9.17) is 17.1 Å². The van der Waals surface area contributed by atoms with E-state index in [0.717, 1.165) is 0 Å². The molecule has 0 N–H and O–H groups in total. The number of ether oxygens (including phenoxy) is 3. The molecule has 0 aliphatic rings. The summed E-state index contributed by atoms with van der Waals surface area (Å²) in [5.41, 5.74) is 0. The van der Waals surface area contributed by atoms with Crippen LogP contribution in [0, 0.1) is 17.8 Å². The Hall–Kier alpha value is 0.710. The van der Waals surface area contributed by atoms with Gasteiger partial charge in [-0.1, -0.05) is 0 Å². The molecule has 0 bridgehead atoms. The second-order valence-corrected chi connectivity index (χ2v) is 6.84. The van der Waals surface area contributed by atoms with Crippen LogP contribution >= 0.6 is 0 Å². The van der Waals surface area contributed by atoms with Crippen molar-refractivity contribution in [3.63, 3.8) is 0 Å². The van der Waals surface area contributed by atoms with Gasteiger partial charge in [-0.2, -0.15) is 0 Å². The van der Waals surface area contributed by atoms with Gasteiger partial charge in [0.05, 0.1) is 0 Å². The van der Waals surface area contributed by atoms with Crippen LogP contribution < -0.4 is 0 Å². The van der Waals surface area contributed by atoms with Crippen LogP contribution in [-0.4, -0.2) is 32.4 Å². The summed E-state index contributed by atoms with van der Waals surface area (Å²) < 4.78 is 22.9. The van der Waals surface area contributed by atoms with E-state index in [9.17, 15) is 0 Å². The normalized spacial score (nSPS) is 12.8. The topological polar surface area (TPSA) is 36.9 Å². The molecule has 0 radical (unpaired) electrons. The van der Waals surface area contributed by atoms with Crippen molar-refractivity contribution < 1.29 is 41.9 Å². The molecule has 0 atom stereocenters. The van der Waals surface area contributed by atoms with Gasteiger partial charge in [0, 0.05) is 0 Å². The van der Waals surface area contributed by atoms with Gasteiger partial charge in [-0.3, -0.25) is 0 Å². The van der Waals surface area contributed by atoms with Crippen molar-refractivity contribution in [1.82, 2.24) is 0 Å². The summed E-state index contributed by atoms with van der Waals surface area (Å²) in [6.07, 6.45) is 0. The van der Waals surface area contributed by atoms with Crippen LogP contribution in [0.3, 0.4) is 0 Å². The molecule has 0 heterocycles. The monoisotopic (exact) mass is 441 g/mol. The summed E-state index contributed by atoms with van der Waals surface area (Å²) in [5, 5.41) is 0.